The van der Waals surface area contributed by atoms with Crippen LogP contribution in [0.4, 0.5) is 11.4 Å². The Morgan fingerprint density at radius 1 is 0.968 bits per heavy atom. The molecule has 0 atom stereocenters. The van der Waals surface area contributed by atoms with E-state index in [1.807, 2.05) is 13.1 Å². The Kier molecular flexibility index (Phi) is 8.28. The molecule has 6 nitrogen and oxygen atoms in total. The fourth-order valence-corrected chi connectivity index (χ4v) is 3.94. The van der Waals surface area contributed by atoms with Crippen LogP contribution in [-0.2, 0) is 10.2 Å². The molecule has 0 spiro atoms. The van der Waals surface area contributed by atoms with E-state index in [0.717, 1.165) is 16.1 Å². The SMILES string of the molecule is CNc1cc(C(C)(C)C)cc(NC(=O)c2cccc(C(C)=O)c2)c1SCCNC(C)=O. The number of hydrogen-bond donors (Lipinski definition) is 3. The summed E-state index contributed by atoms with van der Waals surface area (Å²) in [4.78, 5) is 36.8. The van der Waals surface area contributed by atoms with Gasteiger partial charge in [-0.25, -0.2) is 0 Å². The molecule has 2 aromatic carbocycles. The highest BCUT2D eigenvalue weighted by atomic mass is 32.2. The van der Waals surface area contributed by atoms with Crippen LogP contribution < -0.4 is 16.0 Å². The van der Waals surface area contributed by atoms with Gasteiger partial charge in [0.15, 0.2) is 5.78 Å². The normalized spacial score (nSPS) is 11.0. The van der Waals surface area contributed by atoms with Crippen LogP contribution in [0.1, 0.15) is 60.9 Å². The number of nitrogens with one attached hydrogen (secondary N) is 3. The molecule has 166 valence electrons. The van der Waals surface area contributed by atoms with E-state index in [1.165, 1.54) is 13.8 Å². The molecule has 2 aromatic rings. The molecule has 0 heterocycles. The summed E-state index contributed by atoms with van der Waals surface area (Å²) in [5.74, 6) is 0.221. The minimum absolute atomic E-state index is 0.0728. The average molecular weight is 442 g/mol. The Labute approximate surface area is 188 Å². The standard InChI is InChI=1S/C24H31N3O3S/c1-15(28)17-8-7-9-18(12-17)23(30)27-21-14-19(24(3,4)5)13-20(25-6)22(21)31-11-10-26-16(2)29/h7-9,12-14,25H,10-11H2,1-6H3,(H,26,29)(H,27,30). The van der Waals surface area contributed by atoms with Gasteiger partial charge in [-0.2, -0.15) is 0 Å². The largest absolute Gasteiger partial charge is 0.387 e. The van der Waals surface area contributed by atoms with Gasteiger partial charge in [0.2, 0.25) is 5.91 Å². The van der Waals surface area contributed by atoms with Crippen molar-refractivity contribution in [2.45, 2.75) is 44.9 Å². The number of carbonyl (C=O) groups excluding carboxylic acids is 3. The third-order valence-corrected chi connectivity index (χ3v) is 5.86. The second kappa shape index (κ2) is 10.5. The van der Waals surface area contributed by atoms with Crippen molar-refractivity contribution < 1.29 is 14.4 Å². The highest BCUT2D eigenvalue weighted by molar-refractivity contribution is 7.99. The average Bonchev–Trinajstić information content (AvgIpc) is 2.70. The van der Waals surface area contributed by atoms with Crippen LogP contribution in [0.3, 0.4) is 0 Å². The fraction of sp³-hybridized carbons (Fsp3) is 0.375. The van der Waals surface area contributed by atoms with Crippen molar-refractivity contribution in [3.8, 4) is 0 Å². The summed E-state index contributed by atoms with van der Waals surface area (Å²) >= 11 is 1.56. The monoisotopic (exact) mass is 441 g/mol. The number of hydrogen-bond acceptors (Lipinski definition) is 5. The van der Waals surface area contributed by atoms with Crippen molar-refractivity contribution in [1.29, 1.82) is 0 Å². The van der Waals surface area contributed by atoms with Gasteiger partial charge in [0.25, 0.3) is 5.91 Å². The summed E-state index contributed by atoms with van der Waals surface area (Å²) in [5, 5.41) is 9.05. The lowest BCUT2D eigenvalue weighted by molar-refractivity contribution is -0.118. The molecule has 3 N–H and O–H groups in total. The quantitative estimate of drug-likeness (QED) is 0.314. The van der Waals surface area contributed by atoms with Crippen molar-refractivity contribution in [2.75, 3.05) is 30.0 Å². The van der Waals surface area contributed by atoms with E-state index >= 15 is 0 Å². The van der Waals surface area contributed by atoms with Crippen LogP contribution in [0.2, 0.25) is 0 Å². The van der Waals surface area contributed by atoms with Gasteiger partial charge >= 0.3 is 0 Å². The first kappa shape index (κ1) is 24.5. The molecule has 0 saturated carbocycles. The van der Waals surface area contributed by atoms with Crippen LogP contribution in [-0.4, -0.2) is 36.9 Å². The Hall–Kier alpha value is -2.80. The molecular weight excluding hydrogens is 410 g/mol. The third-order valence-electron chi connectivity index (χ3n) is 4.73. The van der Waals surface area contributed by atoms with E-state index in [9.17, 15) is 14.4 Å². The first-order valence-electron chi connectivity index (χ1n) is 10.2. The Morgan fingerprint density at radius 2 is 1.61 bits per heavy atom. The minimum Gasteiger partial charge on any atom is -0.387 e. The van der Waals surface area contributed by atoms with Gasteiger partial charge in [-0.15, -0.1) is 11.8 Å². The predicted molar refractivity (Wildman–Crippen MR) is 128 cm³/mol. The van der Waals surface area contributed by atoms with Crippen LogP contribution >= 0.6 is 11.8 Å². The molecule has 0 aliphatic heterocycles. The maximum atomic E-state index is 13.0. The minimum atomic E-state index is -0.278. The molecule has 0 bridgehead atoms. The van der Waals surface area contributed by atoms with Gasteiger partial charge in [0.1, 0.15) is 0 Å². The van der Waals surface area contributed by atoms with E-state index in [0.29, 0.717) is 29.1 Å². The number of thioether (sulfide) groups is 1. The van der Waals surface area contributed by atoms with Crippen LogP contribution in [0, 0.1) is 0 Å². The second-order valence-corrected chi connectivity index (χ2v) is 9.43. The highest BCUT2D eigenvalue weighted by Crippen LogP contribution is 2.39. The molecule has 2 amide bonds. The molecule has 0 aliphatic carbocycles. The molecule has 0 fully saturated rings. The summed E-state index contributed by atoms with van der Waals surface area (Å²) in [7, 11) is 1.85. The van der Waals surface area contributed by atoms with Crippen LogP contribution in [0.25, 0.3) is 0 Å². The summed E-state index contributed by atoms with van der Waals surface area (Å²) in [5.41, 5.74) is 3.50. The van der Waals surface area contributed by atoms with Crippen molar-refractivity contribution in [2.24, 2.45) is 0 Å². The first-order valence-corrected chi connectivity index (χ1v) is 11.2. The third kappa shape index (κ3) is 6.85. The topological polar surface area (TPSA) is 87.3 Å². The predicted octanol–water partition coefficient (Wildman–Crippen LogP) is 4.71. The zero-order valence-electron chi connectivity index (χ0n) is 19.0. The lowest BCUT2D eigenvalue weighted by atomic mass is 9.86. The van der Waals surface area contributed by atoms with Gasteiger partial charge < -0.3 is 16.0 Å². The number of Topliss-reactive ketones (excluding diaryl/α,β-unsaturated/α-hetero) is 1. The Bertz CT molecular complexity index is 981. The van der Waals surface area contributed by atoms with Crippen LogP contribution in [0.5, 0.6) is 0 Å². The summed E-state index contributed by atoms with van der Waals surface area (Å²) < 4.78 is 0. The molecule has 0 saturated heterocycles. The molecule has 7 heteroatoms. The lowest BCUT2D eigenvalue weighted by Gasteiger charge is -2.24. The maximum Gasteiger partial charge on any atom is 0.255 e. The molecule has 2 rings (SSSR count). The van der Waals surface area contributed by atoms with E-state index < -0.39 is 0 Å². The van der Waals surface area contributed by atoms with Gasteiger partial charge in [-0.05, 0) is 42.2 Å². The molecule has 0 aromatic heterocycles. The number of amides is 2. The van der Waals surface area contributed by atoms with E-state index in [-0.39, 0.29) is 23.0 Å². The zero-order valence-corrected chi connectivity index (χ0v) is 19.8. The Balaban J connectivity index is 2.41. The number of carbonyl (C=O) groups is 3. The van der Waals surface area contributed by atoms with Gasteiger partial charge in [0, 0.05) is 43.1 Å². The van der Waals surface area contributed by atoms with Crippen molar-refractivity contribution in [1.82, 2.24) is 5.32 Å². The molecule has 0 aliphatic rings. The number of anilines is 2. The fourth-order valence-electron chi connectivity index (χ4n) is 2.95. The van der Waals surface area contributed by atoms with Gasteiger partial charge in [0.05, 0.1) is 10.6 Å². The van der Waals surface area contributed by atoms with E-state index in [4.69, 9.17) is 0 Å². The summed E-state index contributed by atoms with van der Waals surface area (Å²) in [6.07, 6.45) is 0. The van der Waals surface area contributed by atoms with Crippen molar-refractivity contribution in [3.05, 3.63) is 53.1 Å². The van der Waals surface area contributed by atoms with Crippen molar-refractivity contribution >= 4 is 40.7 Å². The second-order valence-electron chi connectivity index (χ2n) is 8.32. The molecule has 0 unspecified atom stereocenters. The molecular formula is C24H31N3O3S. The lowest BCUT2D eigenvalue weighted by Crippen LogP contribution is -2.22. The number of rotatable bonds is 8. The van der Waals surface area contributed by atoms with Crippen molar-refractivity contribution in [3.63, 3.8) is 0 Å². The first-order chi connectivity index (χ1) is 14.5. The van der Waals surface area contributed by atoms with Crippen LogP contribution in [0.15, 0.2) is 41.3 Å². The van der Waals surface area contributed by atoms with Gasteiger partial charge in [-0.1, -0.05) is 32.9 Å². The highest BCUT2D eigenvalue weighted by Gasteiger charge is 2.20. The maximum absolute atomic E-state index is 13.0. The molecule has 31 heavy (non-hydrogen) atoms. The van der Waals surface area contributed by atoms with E-state index in [1.54, 1.807) is 36.0 Å². The zero-order chi connectivity index (χ0) is 23.2. The Morgan fingerprint density at radius 3 is 2.19 bits per heavy atom. The molecule has 0 radical (unpaired) electrons. The van der Waals surface area contributed by atoms with E-state index in [2.05, 4.69) is 42.8 Å². The smallest absolute Gasteiger partial charge is 0.255 e. The van der Waals surface area contributed by atoms with Gasteiger partial charge in [-0.3, -0.25) is 14.4 Å². The number of benzene rings is 2. The summed E-state index contributed by atoms with van der Waals surface area (Å²) in [6, 6.07) is 10.8. The summed E-state index contributed by atoms with van der Waals surface area (Å²) in [6.45, 7) is 9.85. The number of ketones is 1.